The number of rotatable bonds is 6. The highest BCUT2D eigenvalue weighted by molar-refractivity contribution is 7.87. The van der Waals surface area contributed by atoms with Crippen LogP contribution in [-0.2, 0) is 14.9 Å². The number of aromatic nitrogens is 3. The van der Waals surface area contributed by atoms with E-state index in [1.807, 2.05) is 0 Å². The Morgan fingerprint density at radius 2 is 1.90 bits per heavy atom. The van der Waals surface area contributed by atoms with Gasteiger partial charge in [-0.1, -0.05) is 23.4 Å². The van der Waals surface area contributed by atoms with Crippen LogP contribution in [0.4, 0.5) is 0 Å². The van der Waals surface area contributed by atoms with Gasteiger partial charge >= 0.3 is 16.1 Å². The molecule has 2 heterocycles. The van der Waals surface area contributed by atoms with Gasteiger partial charge in [-0.3, -0.25) is 4.79 Å². The van der Waals surface area contributed by atoms with Crippen molar-refractivity contribution in [2.24, 2.45) is 0 Å². The largest absolute Gasteiger partial charge is 0.461 e. The maximum Gasteiger partial charge on any atom is 0.362 e. The number of esters is 1. The first-order valence-electron chi connectivity index (χ1n) is 8.49. The first kappa shape index (κ1) is 20.3. The molecule has 11 heteroatoms. The van der Waals surface area contributed by atoms with Crippen LogP contribution in [0.25, 0.3) is 5.69 Å². The number of nitrogens with zero attached hydrogens (tertiary/aromatic N) is 3. The highest BCUT2D eigenvalue weighted by Crippen LogP contribution is 2.25. The zero-order chi connectivity index (χ0) is 21.2. The summed E-state index contributed by atoms with van der Waals surface area (Å²) in [6, 6.07) is 9.17. The second-order valence-corrected chi connectivity index (χ2v) is 7.34. The van der Waals surface area contributed by atoms with Crippen molar-refractivity contribution in [2.45, 2.75) is 25.7 Å². The Morgan fingerprint density at radius 3 is 2.48 bits per heavy atom. The number of carbonyl (C=O) groups excluding carboxylic acids is 1. The molecule has 2 aromatic heterocycles. The third kappa shape index (κ3) is 4.04. The number of ether oxygens (including phenoxy) is 1. The van der Waals surface area contributed by atoms with Crippen molar-refractivity contribution in [1.82, 2.24) is 14.9 Å². The fourth-order valence-corrected chi connectivity index (χ4v) is 3.83. The van der Waals surface area contributed by atoms with E-state index in [2.05, 4.69) is 10.3 Å². The van der Waals surface area contributed by atoms with Gasteiger partial charge in [-0.15, -0.1) is 0 Å². The molecule has 0 fully saturated rings. The van der Waals surface area contributed by atoms with E-state index in [-0.39, 0.29) is 23.0 Å². The lowest BCUT2D eigenvalue weighted by molar-refractivity contribution is 0.0515. The Morgan fingerprint density at radius 1 is 1.21 bits per heavy atom. The maximum absolute atomic E-state index is 12.7. The normalized spacial score (nSPS) is 11.3. The van der Waals surface area contributed by atoms with Gasteiger partial charge in [0, 0.05) is 0 Å². The van der Waals surface area contributed by atoms with Crippen LogP contribution >= 0.6 is 0 Å². The lowest BCUT2D eigenvalue weighted by atomic mass is 10.3. The van der Waals surface area contributed by atoms with Crippen molar-refractivity contribution in [3.63, 3.8) is 0 Å². The van der Waals surface area contributed by atoms with Crippen LogP contribution in [0.15, 0.2) is 50.6 Å². The Bertz CT molecular complexity index is 1190. The predicted molar refractivity (Wildman–Crippen MR) is 99.6 cm³/mol. The first-order chi connectivity index (χ1) is 13.7. The van der Waals surface area contributed by atoms with E-state index in [4.69, 9.17) is 13.4 Å². The molecule has 10 nitrogen and oxygen atoms in total. The summed E-state index contributed by atoms with van der Waals surface area (Å²) >= 11 is 0. The van der Waals surface area contributed by atoms with Crippen LogP contribution in [0, 0.1) is 13.8 Å². The third-order valence-electron chi connectivity index (χ3n) is 3.78. The molecule has 0 spiro atoms. The van der Waals surface area contributed by atoms with Gasteiger partial charge in [-0.05, 0) is 32.9 Å². The molecule has 0 amide bonds. The molecule has 0 N–H and O–H groups in total. The molecule has 1 aromatic carbocycles. The molecule has 0 atom stereocenters. The zero-order valence-electron chi connectivity index (χ0n) is 15.8. The van der Waals surface area contributed by atoms with Crippen LogP contribution in [0.3, 0.4) is 0 Å². The summed E-state index contributed by atoms with van der Waals surface area (Å²) in [7, 11) is -4.45. The van der Waals surface area contributed by atoms with E-state index < -0.39 is 33.1 Å². The Balaban J connectivity index is 2.14. The van der Waals surface area contributed by atoms with Crippen LogP contribution in [-0.4, -0.2) is 35.9 Å². The lowest BCUT2D eigenvalue weighted by Crippen LogP contribution is -2.26. The average molecular weight is 419 g/mol. The third-order valence-corrected chi connectivity index (χ3v) is 5.27. The summed E-state index contributed by atoms with van der Waals surface area (Å²) < 4.78 is 41.2. The van der Waals surface area contributed by atoms with Crippen molar-refractivity contribution in [3.8, 4) is 11.4 Å². The summed E-state index contributed by atoms with van der Waals surface area (Å²) in [5.41, 5.74) is -0.715. The molecular formula is C18H17N3O7S. The molecule has 0 bridgehead atoms. The average Bonchev–Trinajstić information content (AvgIpc) is 3.01. The van der Waals surface area contributed by atoms with Gasteiger partial charge < -0.3 is 13.4 Å². The number of aryl methyl sites for hydroxylation is 2. The van der Waals surface area contributed by atoms with Crippen LogP contribution in [0.1, 0.15) is 28.9 Å². The van der Waals surface area contributed by atoms with Crippen molar-refractivity contribution >= 4 is 16.1 Å². The SMILES string of the molecule is CCOC(=O)c1nn(-c2ccccc2)c(=O)cc1OS(=O)(=O)c1c(C)noc1C. The van der Waals surface area contributed by atoms with Gasteiger partial charge in [0.25, 0.3) is 5.56 Å². The number of para-hydroxylation sites is 1. The standard InChI is InChI=1S/C18H17N3O7S/c1-4-26-18(23)16-14(28-29(24,25)17-11(2)20-27-12(17)3)10-15(22)21(19-16)13-8-6-5-7-9-13/h5-10H,4H2,1-3H3. The minimum Gasteiger partial charge on any atom is -0.461 e. The minimum atomic E-state index is -4.45. The number of benzene rings is 1. The summed E-state index contributed by atoms with van der Waals surface area (Å²) in [6.07, 6.45) is 0. The molecule has 0 aliphatic heterocycles. The van der Waals surface area contributed by atoms with Gasteiger partial charge in [-0.2, -0.15) is 18.2 Å². The molecule has 29 heavy (non-hydrogen) atoms. The first-order valence-corrected chi connectivity index (χ1v) is 9.89. The maximum atomic E-state index is 12.7. The van der Waals surface area contributed by atoms with Crippen LogP contribution in [0.2, 0.25) is 0 Å². The molecule has 152 valence electrons. The molecule has 0 aliphatic carbocycles. The number of carbonyl (C=O) groups is 1. The van der Waals surface area contributed by atoms with Crippen molar-refractivity contribution in [3.05, 3.63) is 63.9 Å². The fourth-order valence-electron chi connectivity index (χ4n) is 2.59. The second-order valence-electron chi connectivity index (χ2n) is 5.85. The van der Waals surface area contributed by atoms with Gasteiger partial charge in [0.1, 0.15) is 5.69 Å². The minimum absolute atomic E-state index is 0.00534. The topological polar surface area (TPSA) is 131 Å². The van der Waals surface area contributed by atoms with Gasteiger partial charge in [0.15, 0.2) is 16.4 Å². The summed E-state index contributed by atoms with van der Waals surface area (Å²) in [6.45, 7) is 4.41. The van der Waals surface area contributed by atoms with Crippen molar-refractivity contribution in [1.29, 1.82) is 0 Å². The van der Waals surface area contributed by atoms with Gasteiger partial charge in [-0.25, -0.2) is 4.79 Å². The molecule has 0 unspecified atom stereocenters. The van der Waals surface area contributed by atoms with E-state index >= 15 is 0 Å². The monoisotopic (exact) mass is 419 g/mol. The van der Waals surface area contributed by atoms with E-state index in [0.717, 1.165) is 10.7 Å². The van der Waals surface area contributed by atoms with Gasteiger partial charge in [0.2, 0.25) is 5.69 Å². The van der Waals surface area contributed by atoms with Crippen LogP contribution in [0.5, 0.6) is 5.75 Å². The van der Waals surface area contributed by atoms with Crippen molar-refractivity contribution < 1.29 is 26.7 Å². The Hall–Kier alpha value is -3.47. The molecule has 0 saturated heterocycles. The van der Waals surface area contributed by atoms with E-state index in [1.165, 1.54) is 13.8 Å². The molecule has 0 saturated carbocycles. The zero-order valence-corrected chi connectivity index (χ0v) is 16.6. The van der Waals surface area contributed by atoms with Crippen LogP contribution < -0.4 is 9.74 Å². The summed E-state index contributed by atoms with van der Waals surface area (Å²) in [4.78, 5) is 24.6. The molecular weight excluding hydrogens is 402 g/mol. The van der Waals surface area contributed by atoms with Crippen molar-refractivity contribution in [2.75, 3.05) is 6.61 Å². The fraction of sp³-hybridized carbons (Fsp3) is 0.222. The Kier molecular flexibility index (Phi) is 5.50. The smallest absolute Gasteiger partial charge is 0.362 e. The highest BCUT2D eigenvalue weighted by Gasteiger charge is 2.30. The lowest BCUT2D eigenvalue weighted by Gasteiger charge is -2.12. The number of hydrogen-bond acceptors (Lipinski definition) is 9. The molecule has 3 rings (SSSR count). The summed E-state index contributed by atoms with van der Waals surface area (Å²) in [5, 5.41) is 7.55. The molecule has 0 radical (unpaired) electrons. The van der Waals surface area contributed by atoms with E-state index in [0.29, 0.717) is 5.69 Å². The highest BCUT2D eigenvalue weighted by atomic mass is 32.2. The molecule has 3 aromatic rings. The van der Waals surface area contributed by atoms with Gasteiger partial charge in [0.05, 0.1) is 18.4 Å². The quantitative estimate of drug-likeness (QED) is 0.433. The second kappa shape index (κ2) is 7.87. The van der Waals surface area contributed by atoms with E-state index in [1.54, 1.807) is 37.3 Å². The Labute approximate surface area is 165 Å². The van der Waals surface area contributed by atoms with E-state index in [9.17, 15) is 18.0 Å². The predicted octanol–water partition coefficient (Wildman–Crippen LogP) is 1.78. The molecule has 0 aliphatic rings. The summed E-state index contributed by atoms with van der Waals surface area (Å²) in [5.74, 6) is -1.49. The number of hydrogen-bond donors (Lipinski definition) is 0.